The number of fused-ring (bicyclic) bond motifs is 1. The lowest BCUT2D eigenvalue weighted by Crippen LogP contribution is -2.59. The molecule has 1 aliphatic heterocycles. The summed E-state index contributed by atoms with van der Waals surface area (Å²) >= 11 is 0. The van der Waals surface area contributed by atoms with E-state index in [9.17, 15) is 9.59 Å². The fourth-order valence-electron chi connectivity index (χ4n) is 6.25. The molecule has 0 spiro atoms. The van der Waals surface area contributed by atoms with Crippen LogP contribution in [-0.4, -0.2) is 53.8 Å². The van der Waals surface area contributed by atoms with Crippen LogP contribution in [0.15, 0.2) is 24.3 Å². The van der Waals surface area contributed by atoms with Gasteiger partial charge in [0.25, 0.3) is 0 Å². The van der Waals surface area contributed by atoms with Crippen LogP contribution in [0.5, 0.6) is 0 Å². The number of amides is 2. The summed E-state index contributed by atoms with van der Waals surface area (Å²) in [7, 11) is 0. The molecule has 3 aliphatic carbocycles. The van der Waals surface area contributed by atoms with Gasteiger partial charge in [-0.15, -0.1) is 0 Å². The largest absolute Gasteiger partial charge is 0.348 e. The molecule has 3 fully saturated rings. The molecular weight excluding hydrogens is 386 g/mol. The summed E-state index contributed by atoms with van der Waals surface area (Å²) in [6.07, 6.45) is 11.4. The van der Waals surface area contributed by atoms with Crippen LogP contribution >= 0.6 is 0 Å². The second-order valence-electron chi connectivity index (χ2n) is 10.1. The zero-order valence-corrected chi connectivity index (χ0v) is 18.7. The molecular formula is C26H37N3O2. The van der Waals surface area contributed by atoms with E-state index in [0.717, 1.165) is 71.1 Å². The summed E-state index contributed by atoms with van der Waals surface area (Å²) in [6, 6.07) is 8.69. The van der Waals surface area contributed by atoms with E-state index in [2.05, 4.69) is 39.4 Å². The molecule has 2 amide bonds. The maximum absolute atomic E-state index is 13.7. The summed E-state index contributed by atoms with van der Waals surface area (Å²) in [5.74, 6) is 1.29. The van der Waals surface area contributed by atoms with Crippen molar-refractivity contribution in [3.8, 4) is 0 Å². The van der Waals surface area contributed by atoms with E-state index < -0.39 is 0 Å². The molecule has 0 aromatic heterocycles. The van der Waals surface area contributed by atoms with Crippen molar-refractivity contribution >= 4 is 11.8 Å². The Labute approximate surface area is 186 Å². The molecule has 4 aliphatic rings. The smallest absolute Gasteiger partial charge is 0.238 e. The monoisotopic (exact) mass is 423 g/mol. The van der Waals surface area contributed by atoms with Gasteiger partial charge in [0.15, 0.2) is 0 Å². The van der Waals surface area contributed by atoms with Gasteiger partial charge >= 0.3 is 0 Å². The highest BCUT2D eigenvalue weighted by Crippen LogP contribution is 2.34. The van der Waals surface area contributed by atoms with Crippen molar-refractivity contribution in [2.24, 2.45) is 11.8 Å². The van der Waals surface area contributed by atoms with Gasteiger partial charge in [-0.1, -0.05) is 43.5 Å². The number of carbonyl (C=O) groups is 2. The van der Waals surface area contributed by atoms with Crippen molar-refractivity contribution in [3.63, 3.8) is 0 Å². The van der Waals surface area contributed by atoms with Crippen LogP contribution in [0.4, 0.5) is 0 Å². The zero-order valence-electron chi connectivity index (χ0n) is 18.7. The molecule has 5 nitrogen and oxygen atoms in total. The minimum atomic E-state index is -0.0439. The van der Waals surface area contributed by atoms with Gasteiger partial charge in [-0.3, -0.25) is 14.5 Å². The predicted octanol–water partition coefficient (Wildman–Crippen LogP) is 3.68. The van der Waals surface area contributed by atoms with Gasteiger partial charge in [0, 0.05) is 32.1 Å². The van der Waals surface area contributed by atoms with E-state index >= 15 is 0 Å². The Morgan fingerprint density at radius 1 is 0.871 bits per heavy atom. The van der Waals surface area contributed by atoms with E-state index in [-0.39, 0.29) is 23.9 Å². The molecule has 2 saturated carbocycles. The van der Waals surface area contributed by atoms with Gasteiger partial charge in [0.05, 0.1) is 12.1 Å². The highest BCUT2D eigenvalue weighted by Gasteiger charge is 2.39. The Morgan fingerprint density at radius 2 is 1.61 bits per heavy atom. The maximum atomic E-state index is 13.7. The maximum Gasteiger partial charge on any atom is 0.238 e. The van der Waals surface area contributed by atoms with Crippen molar-refractivity contribution in [1.82, 2.24) is 15.1 Å². The third-order valence-electron chi connectivity index (χ3n) is 8.27. The van der Waals surface area contributed by atoms with E-state index in [4.69, 9.17) is 0 Å². The Bertz CT molecular complexity index is 792. The molecule has 2 unspecified atom stereocenters. The second kappa shape index (κ2) is 9.32. The lowest BCUT2D eigenvalue weighted by Gasteiger charge is -2.43. The number of hydrogen-bond acceptors (Lipinski definition) is 3. The first-order valence-corrected chi connectivity index (χ1v) is 12.6. The fourth-order valence-corrected chi connectivity index (χ4v) is 6.25. The number of nitrogens with one attached hydrogen (secondary N) is 1. The zero-order chi connectivity index (χ0) is 21.2. The van der Waals surface area contributed by atoms with Crippen LogP contribution in [0.1, 0.15) is 75.0 Å². The summed E-state index contributed by atoms with van der Waals surface area (Å²) in [4.78, 5) is 30.8. The topological polar surface area (TPSA) is 52.7 Å². The van der Waals surface area contributed by atoms with Crippen molar-refractivity contribution in [3.05, 3.63) is 35.4 Å². The second-order valence-corrected chi connectivity index (χ2v) is 10.1. The molecule has 5 heteroatoms. The highest BCUT2D eigenvalue weighted by molar-refractivity contribution is 5.83. The molecule has 168 valence electrons. The van der Waals surface area contributed by atoms with Gasteiger partial charge in [-0.05, 0) is 62.0 Å². The lowest BCUT2D eigenvalue weighted by atomic mass is 9.84. The van der Waals surface area contributed by atoms with Crippen LogP contribution < -0.4 is 5.32 Å². The molecule has 5 rings (SSSR count). The van der Waals surface area contributed by atoms with Gasteiger partial charge in [0.2, 0.25) is 11.8 Å². The van der Waals surface area contributed by atoms with Crippen molar-refractivity contribution in [2.75, 3.05) is 26.2 Å². The quantitative estimate of drug-likeness (QED) is 0.786. The van der Waals surface area contributed by atoms with Crippen molar-refractivity contribution in [2.45, 2.75) is 76.3 Å². The number of piperazine rings is 1. The fraction of sp³-hybridized carbons (Fsp3) is 0.692. The Morgan fingerprint density at radius 3 is 2.32 bits per heavy atom. The van der Waals surface area contributed by atoms with Crippen molar-refractivity contribution < 1.29 is 9.59 Å². The Balaban J connectivity index is 1.26. The number of carbonyl (C=O) groups excluding carboxylic acids is 2. The molecule has 1 saturated heterocycles. The molecule has 0 bridgehead atoms. The number of hydrogen-bond donors (Lipinski definition) is 1. The Hall–Kier alpha value is -1.88. The Kier molecular flexibility index (Phi) is 6.31. The lowest BCUT2D eigenvalue weighted by molar-refractivity contribution is -0.141. The molecule has 1 aromatic rings. The van der Waals surface area contributed by atoms with Crippen LogP contribution in [0.2, 0.25) is 0 Å². The third kappa shape index (κ3) is 4.39. The van der Waals surface area contributed by atoms with E-state index in [1.165, 1.54) is 30.4 Å². The van der Waals surface area contributed by atoms with Gasteiger partial charge in [-0.2, -0.15) is 0 Å². The number of nitrogens with zero attached hydrogens (tertiary/aromatic N) is 2. The summed E-state index contributed by atoms with van der Waals surface area (Å²) in [6.45, 7) is 3.21. The molecule has 31 heavy (non-hydrogen) atoms. The average molecular weight is 424 g/mol. The van der Waals surface area contributed by atoms with E-state index in [1.54, 1.807) is 0 Å². The summed E-state index contributed by atoms with van der Waals surface area (Å²) in [5, 5.41) is 3.46. The number of rotatable bonds is 5. The van der Waals surface area contributed by atoms with Gasteiger partial charge in [-0.25, -0.2) is 0 Å². The highest BCUT2D eigenvalue weighted by atomic mass is 16.2. The summed E-state index contributed by atoms with van der Waals surface area (Å²) in [5.41, 5.74) is 2.70. The number of aryl methyl sites for hydroxylation is 1. The van der Waals surface area contributed by atoms with E-state index in [1.807, 2.05) is 0 Å². The standard InChI is InChI=1S/C26H37N3O2/c30-25(27-23-14-6-10-19-7-3-4-13-22(19)23)24(20-8-1-2-9-20)28-15-17-29(18-16-28)26(31)21-11-5-12-21/h3-4,7,13,20-21,23-24H,1-2,5-6,8-12,14-18H2,(H,27,30). The van der Waals surface area contributed by atoms with Crippen LogP contribution in [0.3, 0.4) is 0 Å². The minimum Gasteiger partial charge on any atom is -0.348 e. The molecule has 1 heterocycles. The van der Waals surface area contributed by atoms with Crippen LogP contribution in [-0.2, 0) is 16.0 Å². The molecule has 1 N–H and O–H groups in total. The van der Waals surface area contributed by atoms with E-state index in [0.29, 0.717) is 11.8 Å². The minimum absolute atomic E-state index is 0.0439. The SMILES string of the molecule is O=C(NC1CCCc2ccccc21)C(C1CCCC1)N1CCN(C(=O)C2CCC2)CC1. The molecule has 2 atom stereocenters. The first-order valence-electron chi connectivity index (χ1n) is 12.6. The first-order chi connectivity index (χ1) is 15.2. The van der Waals surface area contributed by atoms with Gasteiger partial charge in [0.1, 0.15) is 0 Å². The summed E-state index contributed by atoms with van der Waals surface area (Å²) < 4.78 is 0. The normalized spacial score (nSPS) is 26.2. The molecule has 1 aromatic carbocycles. The third-order valence-corrected chi connectivity index (χ3v) is 8.27. The number of benzene rings is 1. The average Bonchev–Trinajstić information content (AvgIpc) is 3.28. The van der Waals surface area contributed by atoms with Gasteiger partial charge < -0.3 is 10.2 Å². The van der Waals surface area contributed by atoms with Crippen molar-refractivity contribution in [1.29, 1.82) is 0 Å². The van der Waals surface area contributed by atoms with Crippen LogP contribution in [0.25, 0.3) is 0 Å². The molecule has 0 radical (unpaired) electrons. The van der Waals surface area contributed by atoms with Crippen LogP contribution in [0, 0.1) is 11.8 Å². The first kappa shape index (κ1) is 21.0. The predicted molar refractivity (Wildman–Crippen MR) is 122 cm³/mol.